The van der Waals surface area contributed by atoms with Crippen LogP contribution < -0.4 is 5.32 Å². The molecule has 15 heavy (non-hydrogen) atoms. The summed E-state index contributed by atoms with van der Waals surface area (Å²) in [5, 5.41) is 13.0. The van der Waals surface area contributed by atoms with Gasteiger partial charge in [0.05, 0.1) is 6.10 Å². The van der Waals surface area contributed by atoms with E-state index in [1.807, 2.05) is 30.3 Å². The van der Waals surface area contributed by atoms with Gasteiger partial charge in [-0.3, -0.25) is 0 Å². The second-order valence-corrected chi connectivity index (χ2v) is 3.87. The van der Waals surface area contributed by atoms with Crippen LogP contribution in [0.3, 0.4) is 0 Å². The van der Waals surface area contributed by atoms with Crippen molar-refractivity contribution in [3.05, 3.63) is 47.5 Å². The monoisotopic (exact) mass is 205 g/mol. The molecule has 0 radical (unpaired) electrons. The van der Waals surface area contributed by atoms with Gasteiger partial charge in [-0.15, -0.1) is 0 Å². The fourth-order valence-electron chi connectivity index (χ4n) is 1.29. The van der Waals surface area contributed by atoms with Gasteiger partial charge in [0, 0.05) is 13.1 Å². The lowest BCUT2D eigenvalue weighted by molar-refractivity contribution is 0.176. The molecule has 0 saturated carbocycles. The first kappa shape index (κ1) is 12.0. The molecule has 2 heteroatoms. The largest absolute Gasteiger partial charge is 0.387 e. The van der Waals surface area contributed by atoms with Crippen molar-refractivity contribution in [1.29, 1.82) is 0 Å². The Morgan fingerprint density at radius 3 is 2.60 bits per heavy atom. The quantitative estimate of drug-likeness (QED) is 0.571. The highest BCUT2D eigenvalue weighted by Gasteiger charge is 2.04. The number of benzene rings is 1. The van der Waals surface area contributed by atoms with Crippen molar-refractivity contribution in [3.8, 4) is 0 Å². The summed E-state index contributed by atoms with van der Waals surface area (Å²) in [7, 11) is 0. The zero-order valence-electron chi connectivity index (χ0n) is 9.40. The first-order valence-corrected chi connectivity index (χ1v) is 5.27. The van der Waals surface area contributed by atoms with E-state index in [-0.39, 0.29) is 0 Å². The van der Waals surface area contributed by atoms with E-state index in [9.17, 15) is 5.11 Å². The van der Waals surface area contributed by atoms with E-state index in [1.54, 1.807) is 0 Å². The maximum absolute atomic E-state index is 9.80. The predicted molar refractivity (Wildman–Crippen MR) is 63.7 cm³/mol. The first-order valence-electron chi connectivity index (χ1n) is 5.27. The Hall–Kier alpha value is -1.12. The molecule has 82 valence electrons. The lowest BCUT2D eigenvalue weighted by atomic mass is 10.1. The summed E-state index contributed by atoms with van der Waals surface area (Å²) in [6.07, 6.45) is 1.69. The maximum Gasteiger partial charge on any atom is 0.0914 e. The Labute approximate surface area is 91.6 Å². The zero-order chi connectivity index (χ0) is 11.1. The Morgan fingerprint density at radius 1 is 1.33 bits per heavy atom. The van der Waals surface area contributed by atoms with E-state index in [0.29, 0.717) is 6.54 Å². The van der Waals surface area contributed by atoms with Gasteiger partial charge in [-0.1, -0.05) is 42.0 Å². The molecule has 1 unspecified atom stereocenters. The summed E-state index contributed by atoms with van der Waals surface area (Å²) in [4.78, 5) is 0. The van der Waals surface area contributed by atoms with Crippen molar-refractivity contribution >= 4 is 0 Å². The number of aliphatic hydroxyl groups is 1. The number of allylic oxidation sites excluding steroid dienone is 1. The van der Waals surface area contributed by atoms with Gasteiger partial charge in [-0.2, -0.15) is 0 Å². The van der Waals surface area contributed by atoms with Crippen LogP contribution in [-0.4, -0.2) is 18.2 Å². The molecule has 2 N–H and O–H groups in total. The molecule has 0 heterocycles. The molecule has 0 aromatic heterocycles. The van der Waals surface area contributed by atoms with E-state index in [0.717, 1.165) is 12.1 Å². The van der Waals surface area contributed by atoms with Gasteiger partial charge in [-0.05, 0) is 19.4 Å². The van der Waals surface area contributed by atoms with Gasteiger partial charge in [0.1, 0.15) is 0 Å². The number of hydrogen-bond donors (Lipinski definition) is 2. The second kappa shape index (κ2) is 6.38. The molecule has 0 spiro atoms. The SMILES string of the molecule is CC(C)=CCNCC(O)c1ccccc1. The van der Waals surface area contributed by atoms with Crippen LogP contribution in [0.15, 0.2) is 42.0 Å². The molecule has 0 amide bonds. The van der Waals surface area contributed by atoms with E-state index in [4.69, 9.17) is 0 Å². The molecule has 1 aromatic carbocycles. The van der Waals surface area contributed by atoms with Gasteiger partial charge >= 0.3 is 0 Å². The Balaban J connectivity index is 2.31. The van der Waals surface area contributed by atoms with Crippen LogP contribution >= 0.6 is 0 Å². The third-order valence-electron chi connectivity index (χ3n) is 2.18. The van der Waals surface area contributed by atoms with Crippen LogP contribution in [0, 0.1) is 0 Å². The third kappa shape index (κ3) is 4.77. The molecule has 0 aliphatic heterocycles. The van der Waals surface area contributed by atoms with Crippen molar-refractivity contribution < 1.29 is 5.11 Å². The topological polar surface area (TPSA) is 32.3 Å². The highest BCUT2D eigenvalue weighted by molar-refractivity contribution is 5.17. The Bertz CT molecular complexity index is 302. The molecule has 0 bridgehead atoms. The highest BCUT2D eigenvalue weighted by Crippen LogP contribution is 2.10. The summed E-state index contributed by atoms with van der Waals surface area (Å²) in [5.74, 6) is 0. The van der Waals surface area contributed by atoms with Crippen molar-refractivity contribution in [2.24, 2.45) is 0 Å². The fourth-order valence-corrected chi connectivity index (χ4v) is 1.29. The van der Waals surface area contributed by atoms with Crippen LogP contribution in [-0.2, 0) is 0 Å². The van der Waals surface area contributed by atoms with E-state index in [2.05, 4.69) is 25.2 Å². The number of aliphatic hydroxyl groups excluding tert-OH is 1. The number of nitrogens with one attached hydrogen (secondary N) is 1. The first-order chi connectivity index (χ1) is 7.20. The summed E-state index contributed by atoms with van der Waals surface area (Å²) in [6, 6.07) is 9.70. The van der Waals surface area contributed by atoms with E-state index in [1.165, 1.54) is 5.57 Å². The number of hydrogen-bond acceptors (Lipinski definition) is 2. The highest BCUT2D eigenvalue weighted by atomic mass is 16.3. The minimum absolute atomic E-state index is 0.420. The second-order valence-electron chi connectivity index (χ2n) is 3.87. The Kier molecular flexibility index (Phi) is 5.08. The van der Waals surface area contributed by atoms with Crippen LogP contribution in [0.25, 0.3) is 0 Å². The average Bonchev–Trinajstić information content (AvgIpc) is 2.25. The van der Waals surface area contributed by atoms with Gasteiger partial charge in [0.15, 0.2) is 0 Å². The van der Waals surface area contributed by atoms with Crippen LogP contribution in [0.2, 0.25) is 0 Å². The van der Waals surface area contributed by atoms with Crippen LogP contribution in [0.5, 0.6) is 0 Å². The molecule has 1 aromatic rings. The lowest BCUT2D eigenvalue weighted by Crippen LogP contribution is -2.21. The van der Waals surface area contributed by atoms with Crippen LogP contribution in [0.1, 0.15) is 25.5 Å². The maximum atomic E-state index is 9.80. The minimum Gasteiger partial charge on any atom is -0.387 e. The standard InChI is InChI=1S/C13H19NO/c1-11(2)8-9-14-10-13(15)12-6-4-3-5-7-12/h3-8,13-15H,9-10H2,1-2H3. The zero-order valence-corrected chi connectivity index (χ0v) is 9.40. The fraction of sp³-hybridized carbons (Fsp3) is 0.385. The van der Waals surface area contributed by atoms with Crippen molar-refractivity contribution in [2.75, 3.05) is 13.1 Å². The smallest absolute Gasteiger partial charge is 0.0914 e. The Morgan fingerprint density at radius 2 is 2.00 bits per heavy atom. The number of rotatable bonds is 5. The van der Waals surface area contributed by atoms with Crippen molar-refractivity contribution in [1.82, 2.24) is 5.32 Å². The van der Waals surface area contributed by atoms with Gasteiger partial charge in [0.2, 0.25) is 0 Å². The molecule has 2 nitrogen and oxygen atoms in total. The predicted octanol–water partition coefficient (Wildman–Crippen LogP) is 2.28. The normalized spacial score (nSPS) is 12.2. The summed E-state index contributed by atoms with van der Waals surface area (Å²) >= 11 is 0. The molecular formula is C13H19NO. The van der Waals surface area contributed by atoms with Crippen LogP contribution in [0.4, 0.5) is 0 Å². The van der Waals surface area contributed by atoms with Gasteiger partial charge < -0.3 is 10.4 Å². The minimum atomic E-state index is -0.420. The van der Waals surface area contributed by atoms with Gasteiger partial charge in [-0.25, -0.2) is 0 Å². The summed E-state index contributed by atoms with van der Waals surface area (Å²) in [5.41, 5.74) is 2.25. The molecule has 1 rings (SSSR count). The molecule has 1 atom stereocenters. The molecular weight excluding hydrogens is 186 g/mol. The summed E-state index contributed by atoms with van der Waals surface area (Å²) in [6.45, 7) is 5.53. The molecule has 0 saturated heterocycles. The molecule has 0 aliphatic rings. The molecule has 0 aliphatic carbocycles. The van der Waals surface area contributed by atoms with Crippen molar-refractivity contribution in [2.45, 2.75) is 20.0 Å². The van der Waals surface area contributed by atoms with E-state index >= 15 is 0 Å². The third-order valence-corrected chi connectivity index (χ3v) is 2.18. The van der Waals surface area contributed by atoms with E-state index < -0.39 is 6.10 Å². The average molecular weight is 205 g/mol. The molecule has 0 fully saturated rings. The van der Waals surface area contributed by atoms with Crippen molar-refractivity contribution in [3.63, 3.8) is 0 Å². The van der Waals surface area contributed by atoms with Gasteiger partial charge in [0.25, 0.3) is 0 Å². The summed E-state index contributed by atoms with van der Waals surface area (Å²) < 4.78 is 0. The lowest BCUT2D eigenvalue weighted by Gasteiger charge is -2.10.